The largest absolute Gasteiger partial charge is 0.480 e. The van der Waals surface area contributed by atoms with Crippen LogP contribution in [0.3, 0.4) is 0 Å². The molecule has 8 heteroatoms. The summed E-state index contributed by atoms with van der Waals surface area (Å²) in [4.78, 5) is 25.1. The summed E-state index contributed by atoms with van der Waals surface area (Å²) in [7, 11) is -3.61. The van der Waals surface area contributed by atoms with Crippen molar-refractivity contribution < 1.29 is 23.1 Å². The zero-order valence-corrected chi connectivity index (χ0v) is 15.8. The SMILES string of the molecule is CCNS(=O)(=O)c1ccc(C(=O)N(CCc2ccccc2)CC(=O)O)cc1. The minimum Gasteiger partial charge on any atom is -0.480 e. The number of hydrogen-bond donors (Lipinski definition) is 2. The van der Waals surface area contributed by atoms with Crippen LogP contribution in [-0.2, 0) is 21.2 Å². The fraction of sp³-hybridized carbons (Fsp3) is 0.263. The fourth-order valence-corrected chi connectivity index (χ4v) is 3.60. The maximum Gasteiger partial charge on any atom is 0.323 e. The number of amides is 1. The number of benzene rings is 2. The van der Waals surface area contributed by atoms with Crippen LogP contribution in [0.5, 0.6) is 0 Å². The molecule has 0 aliphatic heterocycles. The van der Waals surface area contributed by atoms with Crippen LogP contribution in [0.15, 0.2) is 59.5 Å². The number of carboxylic acids is 1. The number of nitrogens with one attached hydrogen (secondary N) is 1. The lowest BCUT2D eigenvalue weighted by Gasteiger charge is -2.21. The predicted molar refractivity (Wildman–Crippen MR) is 101 cm³/mol. The Morgan fingerprint density at radius 3 is 2.22 bits per heavy atom. The Bertz CT molecular complexity index is 880. The van der Waals surface area contributed by atoms with Crippen LogP contribution in [0.2, 0.25) is 0 Å². The van der Waals surface area contributed by atoms with Gasteiger partial charge in [0, 0.05) is 18.7 Å². The monoisotopic (exact) mass is 390 g/mol. The average Bonchev–Trinajstić information content (AvgIpc) is 2.65. The maximum atomic E-state index is 12.7. The van der Waals surface area contributed by atoms with Crippen molar-refractivity contribution in [3.63, 3.8) is 0 Å². The third kappa shape index (κ3) is 5.90. The second-order valence-corrected chi connectivity index (χ2v) is 7.65. The van der Waals surface area contributed by atoms with Gasteiger partial charge < -0.3 is 10.0 Å². The summed E-state index contributed by atoms with van der Waals surface area (Å²) in [5, 5.41) is 9.11. The number of rotatable bonds is 9. The van der Waals surface area contributed by atoms with Crippen molar-refractivity contribution in [1.82, 2.24) is 9.62 Å². The third-order valence-electron chi connectivity index (χ3n) is 3.87. The Morgan fingerprint density at radius 1 is 1.04 bits per heavy atom. The number of hydrogen-bond acceptors (Lipinski definition) is 4. The molecular weight excluding hydrogens is 368 g/mol. The lowest BCUT2D eigenvalue weighted by molar-refractivity contribution is -0.137. The molecule has 0 saturated heterocycles. The van der Waals surface area contributed by atoms with E-state index in [4.69, 9.17) is 5.11 Å². The van der Waals surface area contributed by atoms with E-state index < -0.39 is 28.4 Å². The number of aliphatic carboxylic acids is 1. The van der Waals surface area contributed by atoms with Gasteiger partial charge in [0.2, 0.25) is 10.0 Å². The summed E-state index contributed by atoms with van der Waals surface area (Å²) in [6.45, 7) is 1.75. The number of carboxylic acid groups (broad SMARTS) is 1. The average molecular weight is 390 g/mol. The van der Waals surface area contributed by atoms with Crippen molar-refractivity contribution in [1.29, 1.82) is 0 Å². The van der Waals surface area contributed by atoms with Gasteiger partial charge in [-0.15, -0.1) is 0 Å². The molecule has 0 radical (unpaired) electrons. The normalized spacial score (nSPS) is 11.1. The molecule has 0 bridgehead atoms. The zero-order chi connectivity index (χ0) is 19.9. The molecule has 0 unspecified atom stereocenters. The third-order valence-corrected chi connectivity index (χ3v) is 5.43. The van der Waals surface area contributed by atoms with E-state index in [2.05, 4.69) is 4.72 Å². The van der Waals surface area contributed by atoms with Gasteiger partial charge >= 0.3 is 5.97 Å². The van der Waals surface area contributed by atoms with E-state index in [1.165, 1.54) is 29.2 Å². The Morgan fingerprint density at radius 2 is 1.67 bits per heavy atom. The number of nitrogens with zero attached hydrogens (tertiary/aromatic N) is 1. The molecule has 0 fully saturated rings. The maximum absolute atomic E-state index is 12.7. The summed E-state index contributed by atoms with van der Waals surface area (Å²) in [6.07, 6.45) is 0.521. The molecule has 27 heavy (non-hydrogen) atoms. The van der Waals surface area contributed by atoms with Gasteiger partial charge in [-0.2, -0.15) is 0 Å². The molecule has 0 aromatic heterocycles. The number of carbonyl (C=O) groups is 2. The van der Waals surface area contributed by atoms with E-state index in [-0.39, 0.29) is 23.5 Å². The van der Waals surface area contributed by atoms with E-state index in [1.54, 1.807) is 6.92 Å². The molecule has 0 atom stereocenters. The van der Waals surface area contributed by atoms with Gasteiger partial charge in [0.05, 0.1) is 4.90 Å². The molecular formula is C19H22N2O5S. The van der Waals surface area contributed by atoms with E-state index in [0.29, 0.717) is 6.42 Å². The highest BCUT2D eigenvalue weighted by Crippen LogP contribution is 2.13. The van der Waals surface area contributed by atoms with Gasteiger partial charge in [-0.05, 0) is 36.2 Å². The zero-order valence-electron chi connectivity index (χ0n) is 15.0. The first-order chi connectivity index (χ1) is 12.8. The molecule has 2 aromatic carbocycles. The highest BCUT2D eigenvalue weighted by Gasteiger charge is 2.20. The number of carbonyl (C=O) groups excluding carboxylic acids is 1. The molecule has 2 N–H and O–H groups in total. The van der Waals surface area contributed by atoms with Gasteiger partial charge in [-0.3, -0.25) is 9.59 Å². The van der Waals surface area contributed by atoms with Crippen molar-refractivity contribution in [3.8, 4) is 0 Å². The van der Waals surface area contributed by atoms with Crippen LogP contribution in [0.1, 0.15) is 22.8 Å². The van der Waals surface area contributed by atoms with Gasteiger partial charge in [0.25, 0.3) is 5.91 Å². The predicted octanol–water partition coefficient (Wildman–Crippen LogP) is 1.75. The second kappa shape index (κ2) is 9.29. The molecule has 0 aliphatic rings. The van der Waals surface area contributed by atoms with Crippen LogP contribution < -0.4 is 4.72 Å². The van der Waals surface area contributed by atoms with Crippen LogP contribution in [-0.4, -0.2) is 49.9 Å². The lowest BCUT2D eigenvalue weighted by atomic mass is 10.1. The topological polar surface area (TPSA) is 104 Å². The van der Waals surface area contributed by atoms with Crippen molar-refractivity contribution in [2.45, 2.75) is 18.2 Å². The molecule has 2 aromatic rings. The van der Waals surface area contributed by atoms with Gasteiger partial charge in [-0.1, -0.05) is 37.3 Å². The van der Waals surface area contributed by atoms with Crippen molar-refractivity contribution in [2.75, 3.05) is 19.6 Å². The van der Waals surface area contributed by atoms with Crippen LogP contribution >= 0.6 is 0 Å². The van der Waals surface area contributed by atoms with E-state index in [1.807, 2.05) is 30.3 Å². The first kappa shape index (κ1) is 20.6. The standard InChI is InChI=1S/C19H22N2O5S/c1-2-20-27(25,26)17-10-8-16(9-11-17)19(24)21(14-18(22)23)13-12-15-6-4-3-5-7-15/h3-11,20H,2,12-14H2,1H3,(H,22,23). The fourth-order valence-electron chi connectivity index (χ4n) is 2.56. The Labute approximate surface area is 158 Å². The Kier molecular flexibility index (Phi) is 7.09. The first-order valence-electron chi connectivity index (χ1n) is 8.48. The Balaban J connectivity index is 2.15. The minimum absolute atomic E-state index is 0.0509. The van der Waals surface area contributed by atoms with Crippen LogP contribution in [0, 0.1) is 0 Å². The van der Waals surface area contributed by atoms with E-state index >= 15 is 0 Å². The summed E-state index contributed by atoms with van der Waals surface area (Å²) in [5.41, 5.74) is 1.23. The first-order valence-corrected chi connectivity index (χ1v) is 9.96. The smallest absolute Gasteiger partial charge is 0.323 e. The van der Waals surface area contributed by atoms with Crippen molar-refractivity contribution >= 4 is 21.9 Å². The molecule has 1 amide bonds. The summed E-state index contributed by atoms with van der Waals surface area (Å²) < 4.78 is 26.3. The highest BCUT2D eigenvalue weighted by molar-refractivity contribution is 7.89. The van der Waals surface area contributed by atoms with Crippen LogP contribution in [0.4, 0.5) is 0 Å². The highest BCUT2D eigenvalue weighted by atomic mass is 32.2. The summed E-state index contributed by atoms with van der Waals surface area (Å²) >= 11 is 0. The molecule has 0 saturated carbocycles. The molecule has 0 spiro atoms. The van der Waals surface area contributed by atoms with Crippen LogP contribution in [0.25, 0.3) is 0 Å². The van der Waals surface area contributed by atoms with Crippen molar-refractivity contribution in [3.05, 3.63) is 65.7 Å². The molecule has 0 heterocycles. The van der Waals surface area contributed by atoms with E-state index in [9.17, 15) is 18.0 Å². The van der Waals surface area contributed by atoms with Gasteiger partial charge in [0.15, 0.2) is 0 Å². The molecule has 2 rings (SSSR count). The quantitative estimate of drug-likeness (QED) is 0.679. The van der Waals surface area contributed by atoms with Gasteiger partial charge in [0.1, 0.15) is 6.54 Å². The second-order valence-electron chi connectivity index (χ2n) is 5.88. The Hall–Kier alpha value is -2.71. The van der Waals surface area contributed by atoms with E-state index in [0.717, 1.165) is 5.56 Å². The molecule has 0 aliphatic carbocycles. The lowest BCUT2D eigenvalue weighted by Crippen LogP contribution is -2.37. The van der Waals surface area contributed by atoms with Crippen molar-refractivity contribution in [2.24, 2.45) is 0 Å². The molecule has 144 valence electrons. The summed E-state index contributed by atoms with van der Waals surface area (Å²) in [6, 6.07) is 14.9. The molecule has 7 nitrogen and oxygen atoms in total. The van der Waals surface area contributed by atoms with Gasteiger partial charge in [-0.25, -0.2) is 13.1 Å². The number of sulfonamides is 1. The minimum atomic E-state index is -3.61. The summed E-state index contributed by atoms with van der Waals surface area (Å²) in [5.74, 6) is -1.57.